The second-order valence-electron chi connectivity index (χ2n) is 7.96. The van der Waals surface area contributed by atoms with Crippen molar-refractivity contribution in [2.45, 2.75) is 38.2 Å². The van der Waals surface area contributed by atoms with Crippen LogP contribution in [-0.4, -0.2) is 32.9 Å². The summed E-state index contributed by atoms with van der Waals surface area (Å²) in [4.78, 5) is 17.6. The lowest BCUT2D eigenvalue weighted by Crippen LogP contribution is -2.47. The number of para-hydroxylation sites is 1. The van der Waals surface area contributed by atoms with Gasteiger partial charge in [0.15, 0.2) is 0 Å². The zero-order chi connectivity index (χ0) is 23.0. The van der Waals surface area contributed by atoms with Crippen molar-refractivity contribution in [2.75, 3.05) is 5.43 Å². The molecule has 4 rings (SSSR count). The van der Waals surface area contributed by atoms with Gasteiger partial charge in [-0.05, 0) is 43.9 Å². The van der Waals surface area contributed by atoms with Crippen molar-refractivity contribution in [1.82, 2.24) is 14.6 Å². The molecule has 10 heteroatoms. The summed E-state index contributed by atoms with van der Waals surface area (Å²) in [6.45, 7) is 0. The number of amides is 1. The Morgan fingerprint density at radius 1 is 1.19 bits per heavy atom. The third-order valence-electron chi connectivity index (χ3n) is 5.92. The van der Waals surface area contributed by atoms with Crippen LogP contribution in [-0.2, 0) is 7.05 Å². The molecule has 1 heterocycles. The predicted molar refractivity (Wildman–Crippen MR) is 114 cm³/mol. The van der Waals surface area contributed by atoms with Gasteiger partial charge in [-0.1, -0.05) is 17.7 Å². The van der Waals surface area contributed by atoms with Gasteiger partial charge in [0, 0.05) is 19.0 Å². The minimum atomic E-state index is -2.45. The van der Waals surface area contributed by atoms with E-state index >= 15 is 0 Å². The van der Waals surface area contributed by atoms with Gasteiger partial charge in [-0.25, -0.2) is 27.6 Å². The first-order valence-electron chi connectivity index (χ1n) is 10.2. The highest BCUT2D eigenvalue weighted by atomic mass is 35.5. The van der Waals surface area contributed by atoms with Gasteiger partial charge in [0.05, 0.1) is 34.0 Å². The summed E-state index contributed by atoms with van der Waals surface area (Å²) in [5, 5.41) is 1.14. The SMILES string of the molecule is Cn1cnc2cc(C(=O)N(Nc3c(F)cccc3Cl)C3CCC(C(F)F)CC3)c(F)cc21. The molecule has 1 aliphatic rings. The van der Waals surface area contributed by atoms with Crippen LogP contribution in [0.15, 0.2) is 36.7 Å². The number of hydrazine groups is 1. The number of hydrogen-bond donors (Lipinski definition) is 1. The monoisotopic (exact) mass is 468 g/mol. The molecule has 0 unspecified atom stereocenters. The molecule has 0 aliphatic heterocycles. The van der Waals surface area contributed by atoms with Crippen molar-refractivity contribution >= 4 is 34.2 Å². The second-order valence-corrected chi connectivity index (χ2v) is 8.37. The van der Waals surface area contributed by atoms with Gasteiger partial charge in [-0.15, -0.1) is 0 Å². The molecule has 32 heavy (non-hydrogen) atoms. The summed E-state index contributed by atoms with van der Waals surface area (Å²) in [6, 6.07) is 6.02. The van der Waals surface area contributed by atoms with Gasteiger partial charge < -0.3 is 4.57 Å². The quantitative estimate of drug-likeness (QED) is 0.380. The lowest BCUT2D eigenvalue weighted by Gasteiger charge is -2.37. The number of carbonyl (C=O) groups is 1. The van der Waals surface area contributed by atoms with E-state index in [0.29, 0.717) is 11.0 Å². The van der Waals surface area contributed by atoms with Gasteiger partial charge in [0.1, 0.15) is 17.3 Å². The molecule has 170 valence electrons. The van der Waals surface area contributed by atoms with Crippen molar-refractivity contribution < 1.29 is 22.4 Å². The van der Waals surface area contributed by atoms with E-state index in [-0.39, 0.29) is 42.0 Å². The van der Waals surface area contributed by atoms with Crippen LogP contribution in [0.25, 0.3) is 11.0 Å². The fraction of sp³-hybridized carbons (Fsp3) is 0.364. The molecule has 5 nitrogen and oxygen atoms in total. The third kappa shape index (κ3) is 4.26. The normalized spacial score (nSPS) is 18.8. The maximum absolute atomic E-state index is 14.9. The molecule has 1 N–H and O–H groups in total. The average Bonchev–Trinajstić information content (AvgIpc) is 3.12. The highest BCUT2D eigenvalue weighted by Gasteiger charge is 2.34. The third-order valence-corrected chi connectivity index (χ3v) is 6.24. The molecule has 0 bridgehead atoms. The Balaban J connectivity index is 1.70. The molecule has 2 aromatic carbocycles. The van der Waals surface area contributed by atoms with Crippen LogP contribution < -0.4 is 5.43 Å². The van der Waals surface area contributed by atoms with Crippen LogP contribution in [0.5, 0.6) is 0 Å². The topological polar surface area (TPSA) is 50.2 Å². The fourth-order valence-electron chi connectivity index (χ4n) is 4.09. The van der Waals surface area contributed by atoms with E-state index in [1.54, 1.807) is 11.6 Å². The molecule has 1 aliphatic carbocycles. The first-order valence-corrected chi connectivity index (χ1v) is 10.6. The van der Waals surface area contributed by atoms with Crippen LogP contribution >= 0.6 is 11.6 Å². The van der Waals surface area contributed by atoms with Crippen molar-refractivity contribution in [3.8, 4) is 0 Å². The van der Waals surface area contributed by atoms with Crippen molar-refractivity contribution in [3.05, 3.63) is 58.9 Å². The molecular formula is C22H21ClF4N4O. The summed E-state index contributed by atoms with van der Waals surface area (Å²) in [7, 11) is 1.70. The summed E-state index contributed by atoms with van der Waals surface area (Å²) in [6.07, 6.45) is -0.0427. The summed E-state index contributed by atoms with van der Waals surface area (Å²) in [5.74, 6) is -2.98. The number of rotatable bonds is 5. The van der Waals surface area contributed by atoms with Gasteiger partial charge in [0.25, 0.3) is 5.91 Å². The number of benzene rings is 2. The molecule has 1 aromatic heterocycles. The standard InChI is InChI=1S/C22H21ClF4N4O/c1-30-11-28-18-9-14(17(25)10-19(18)30)22(32)31(13-7-5-12(6-8-13)21(26)27)29-20-15(23)3-2-4-16(20)24/h2-4,9-13,21,29H,5-8H2,1H3. The first-order chi connectivity index (χ1) is 15.3. The molecule has 0 radical (unpaired) electrons. The highest BCUT2D eigenvalue weighted by molar-refractivity contribution is 6.33. The summed E-state index contributed by atoms with van der Waals surface area (Å²) >= 11 is 6.11. The van der Waals surface area contributed by atoms with E-state index in [9.17, 15) is 22.4 Å². The fourth-order valence-corrected chi connectivity index (χ4v) is 4.29. The first kappa shape index (κ1) is 22.4. The maximum Gasteiger partial charge on any atom is 0.275 e. The van der Waals surface area contributed by atoms with Crippen molar-refractivity contribution in [2.24, 2.45) is 13.0 Å². The number of anilines is 1. The minimum Gasteiger partial charge on any atom is -0.334 e. The summed E-state index contributed by atoms with van der Waals surface area (Å²) < 4.78 is 57.2. The van der Waals surface area contributed by atoms with Gasteiger partial charge in [-0.3, -0.25) is 10.2 Å². The Kier molecular flexibility index (Phi) is 6.28. The average molecular weight is 469 g/mol. The van der Waals surface area contributed by atoms with Crippen LogP contribution in [0.4, 0.5) is 23.2 Å². The Bertz CT molecular complexity index is 1120. The number of hydrogen-bond acceptors (Lipinski definition) is 3. The number of aromatic nitrogens is 2. The lowest BCUT2D eigenvalue weighted by atomic mass is 9.86. The number of carbonyl (C=O) groups excluding carboxylic acids is 1. The highest BCUT2D eigenvalue weighted by Crippen LogP contribution is 2.34. The van der Waals surface area contributed by atoms with Crippen molar-refractivity contribution in [3.63, 3.8) is 0 Å². The molecule has 3 aromatic rings. The van der Waals surface area contributed by atoms with Gasteiger partial charge in [-0.2, -0.15) is 0 Å². The zero-order valence-corrected chi connectivity index (χ0v) is 17.9. The minimum absolute atomic E-state index is 0.0321. The number of nitrogens with zero attached hydrogens (tertiary/aromatic N) is 3. The van der Waals surface area contributed by atoms with Crippen LogP contribution in [0, 0.1) is 17.6 Å². The second kappa shape index (κ2) is 8.97. The van der Waals surface area contributed by atoms with Crippen molar-refractivity contribution in [1.29, 1.82) is 0 Å². The van der Waals surface area contributed by atoms with E-state index < -0.39 is 35.9 Å². The Hall–Kier alpha value is -2.81. The van der Waals surface area contributed by atoms with Crippen LogP contribution in [0.1, 0.15) is 36.0 Å². The Labute approximate surface area is 186 Å². The molecular weight excluding hydrogens is 448 g/mol. The molecule has 1 fully saturated rings. The molecule has 0 atom stereocenters. The van der Waals surface area contributed by atoms with Gasteiger partial charge in [0.2, 0.25) is 6.43 Å². The number of fused-ring (bicyclic) bond motifs is 1. The van der Waals surface area contributed by atoms with E-state index in [1.165, 1.54) is 36.7 Å². The predicted octanol–water partition coefficient (Wildman–Crippen LogP) is 5.80. The number of aryl methyl sites for hydroxylation is 1. The number of imidazole rings is 1. The molecule has 0 spiro atoms. The number of halogens is 5. The van der Waals surface area contributed by atoms with Crippen LogP contribution in [0.2, 0.25) is 5.02 Å². The summed E-state index contributed by atoms with van der Waals surface area (Å²) in [5.41, 5.74) is 3.23. The molecule has 1 amide bonds. The largest absolute Gasteiger partial charge is 0.334 e. The van der Waals surface area contributed by atoms with Crippen LogP contribution in [0.3, 0.4) is 0 Å². The van der Waals surface area contributed by atoms with E-state index in [2.05, 4.69) is 10.4 Å². The van der Waals surface area contributed by atoms with Gasteiger partial charge >= 0.3 is 0 Å². The Morgan fingerprint density at radius 3 is 2.56 bits per heavy atom. The van der Waals surface area contributed by atoms with E-state index in [0.717, 1.165) is 5.01 Å². The van der Waals surface area contributed by atoms with E-state index in [4.69, 9.17) is 11.6 Å². The van der Waals surface area contributed by atoms with E-state index in [1.807, 2.05) is 0 Å². The Morgan fingerprint density at radius 2 is 1.91 bits per heavy atom. The lowest BCUT2D eigenvalue weighted by molar-refractivity contribution is 0.0348. The number of alkyl halides is 2. The zero-order valence-electron chi connectivity index (χ0n) is 17.2. The molecule has 1 saturated carbocycles. The smallest absolute Gasteiger partial charge is 0.275 e. The number of nitrogens with one attached hydrogen (secondary N) is 1. The molecule has 0 saturated heterocycles. The maximum atomic E-state index is 14.9.